The molecule has 4 nitrogen and oxygen atoms in total. The molecule has 104 valence electrons. The van der Waals surface area contributed by atoms with E-state index in [2.05, 4.69) is 6.92 Å². The zero-order valence-electron chi connectivity index (χ0n) is 11.5. The number of likely N-dealkylation sites (tertiary alicyclic amines) is 1. The lowest BCUT2D eigenvalue weighted by atomic mass is 9.99. The minimum atomic E-state index is -0.0408. The van der Waals surface area contributed by atoms with Gasteiger partial charge in [0, 0.05) is 37.8 Å². The highest BCUT2D eigenvalue weighted by molar-refractivity contribution is 5.76. The monoisotopic (exact) mass is 262 g/mol. The van der Waals surface area contributed by atoms with Crippen LogP contribution in [0.15, 0.2) is 29.2 Å². The van der Waals surface area contributed by atoms with Gasteiger partial charge in [-0.05, 0) is 31.7 Å². The molecule has 1 amide bonds. The molecule has 19 heavy (non-hydrogen) atoms. The molecule has 0 aromatic carbocycles. The van der Waals surface area contributed by atoms with E-state index in [0.717, 1.165) is 25.8 Å². The maximum Gasteiger partial charge on any atom is 0.250 e. The fourth-order valence-electron chi connectivity index (χ4n) is 2.76. The Labute approximate surface area is 114 Å². The van der Waals surface area contributed by atoms with E-state index in [1.54, 1.807) is 16.8 Å². The van der Waals surface area contributed by atoms with Crippen molar-refractivity contribution in [1.29, 1.82) is 0 Å². The predicted octanol–water partition coefficient (Wildman–Crippen LogP) is 2.03. The SMILES string of the molecule is CCC1CCCCN1C(=O)CCn1ccccc1=O. The lowest BCUT2D eigenvalue weighted by molar-refractivity contribution is -0.135. The molecule has 4 heteroatoms. The molecule has 0 bridgehead atoms. The molecule has 0 aliphatic carbocycles. The Balaban J connectivity index is 1.94. The molecule has 1 fully saturated rings. The van der Waals surface area contributed by atoms with Crippen molar-refractivity contribution in [2.75, 3.05) is 6.54 Å². The average molecular weight is 262 g/mol. The van der Waals surface area contributed by atoms with E-state index in [1.165, 1.54) is 12.5 Å². The molecular formula is C15H22N2O2. The van der Waals surface area contributed by atoms with E-state index in [1.807, 2.05) is 11.0 Å². The number of aromatic nitrogens is 1. The van der Waals surface area contributed by atoms with E-state index < -0.39 is 0 Å². The maximum absolute atomic E-state index is 12.3. The van der Waals surface area contributed by atoms with Crippen LogP contribution in [0.25, 0.3) is 0 Å². The average Bonchev–Trinajstić information content (AvgIpc) is 2.46. The van der Waals surface area contributed by atoms with Crippen molar-refractivity contribution in [3.8, 4) is 0 Å². The van der Waals surface area contributed by atoms with Gasteiger partial charge in [0.05, 0.1) is 0 Å². The van der Waals surface area contributed by atoms with Gasteiger partial charge < -0.3 is 9.47 Å². The molecular weight excluding hydrogens is 240 g/mol. The van der Waals surface area contributed by atoms with E-state index in [4.69, 9.17) is 0 Å². The van der Waals surface area contributed by atoms with Crippen LogP contribution in [0.5, 0.6) is 0 Å². The van der Waals surface area contributed by atoms with Gasteiger partial charge in [0.25, 0.3) is 5.56 Å². The van der Waals surface area contributed by atoms with Crippen LogP contribution in [-0.2, 0) is 11.3 Å². The van der Waals surface area contributed by atoms with Crippen molar-refractivity contribution in [2.24, 2.45) is 0 Å². The van der Waals surface area contributed by atoms with Crippen molar-refractivity contribution in [1.82, 2.24) is 9.47 Å². The maximum atomic E-state index is 12.3. The van der Waals surface area contributed by atoms with Crippen LogP contribution >= 0.6 is 0 Å². The number of carbonyl (C=O) groups excluding carboxylic acids is 1. The van der Waals surface area contributed by atoms with Gasteiger partial charge in [0.15, 0.2) is 0 Å². The summed E-state index contributed by atoms with van der Waals surface area (Å²) >= 11 is 0. The summed E-state index contributed by atoms with van der Waals surface area (Å²) in [5.74, 6) is 0.183. The fourth-order valence-corrected chi connectivity index (χ4v) is 2.76. The van der Waals surface area contributed by atoms with Crippen molar-refractivity contribution in [2.45, 2.75) is 51.6 Å². The van der Waals surface area contributed by atoms with Crippen molar-refractivity contribution in [3.63, 3.8) is 0 Å². The molecule has 0 spiro atoms. The summed E-state index contributed by atoms with van der Waals surface area (Å²) in [6, 6.07) is 5.47. The highest BCUT2D eigenvalue weighted by Gasteiger charge is 2.24. The quantitative estimate of drug-likeness (QED) is 0.833. The number of rotatable bonds is 4. The van der Waals surface area contributed by atoms with E-state index in [0.29, 0.717) is 19.0 Å². The highest BCUT2D eigenvalue weighted by atomic mass is 16.2. The largest absolute Gasteiger partial charge is 0.340 e. The molecule has 0 N–H and O–H groups in total. The fraction of sp³-hybridized carbons (Fsp3) is 0.600. The molecule has 1 aromatic heterocycles. The van der Waals surface area contributed by atoms with Crippen LogP contribution in [0.1, 0.15) is 39.0 Å². The van der Waals surface area contributed by atoms with Crippen LogP contribution in [0.4, 0.5) is 0 Å². The minimum absolute atomic E-state index is 0.0408. The summed E-state index contributed by atoms with van der Waals surface area (Å²) in [4.78, 5) is 25.8. The number of carbonyl (C=O) groups is 1. The summed E-state index contributed by atoms with van der Waals surface area (Å²) in [6.45, 7) is 3.49. The molecule has 1 atom stereocenters. The lowest BCUT2D eigenvalue weighted by Gasteiger charge is -2.35. The van der Waals surface area contributed by atoms with E-state index in [9.17, 15) is 9.59 Å². The number of piperidine rings is 1. The second kappa shape index (κ2) is 6.55. The van der Waals surface area contributed by atoms with Gasteiger partial charge in [-0.3, -0.25) is 9.59 Å². The van der Waals surface area contributed by atoms with Crippen LogP contribution in [0.3, 0.4) is 0 Å². The third-order valence-corrected chi connectivity index (χ3v) is 3.88. The minimum Gasteiger partial charge on any atom is -0.340 e. The van der Waals surface area contributed by atoms with Crippen LogP contribution < -0.4 is 5.56 Å². The molecule has 2 rings (SSSR count). The number of nitrogens with zero attached hydrogens (tertiary/aromatic N) is 2. The number of pyridine rings is 1. The van der Waals surface area contributed by atoms with Crippen LogP contribution in [0.2, 0.25) is 0 Å². The van der Waals surface area contributed by atoms with Crippen LogP contribution in [0, 0.1) is 0 Å². The number of amides is 1. The molecule has 0 saturated carbocycles. The number of hydrogen-bond donors (Lipinski definition) is 0. The highest BCUT2D eigenvalue weighted by Crippen LogP contribution is 2.20. The number of aryl methyl sites for hydroxylation is 1. The summed E-state index contributed by atoms with van der Waals surface area (Å²) in [5.41, 5.74) is -0.0408. The Bertz CT molecular complexity index is 481. The smallest absolute Gasteiger partial charge is 0.250 e. The Hall–Kier alpha value is -1.58. The van der Waals surface area contributed by atoms with Gasteiger partial charge in [-0.25, -0.2) is 0 Å². The van der Waals surface area contributed by atoms with Crippen LogP contribution in [-0.4, -0.2) is 28.0 Å². The third-order valence-electron chi connectivity index (χ3n) is 3.88. The summed E-state index contributed by atoms with van der Waals surface area (Å²) in [6.07, 6.45) is 6.63. The summed E-state index contributed by atoms with van der Waals surface area (Å²) in [7, 11) is 0. The third kappa shape index (κ3) is 3.46. The standard InChI is InChI=1S/C15H22N2O2/c1-2-13-7-3-6-11-17(13)15(19)9-12-16-10-5-4-8-14(16)18/h4-5,8,10,13H,2-3,6-7,9,11-12H2,1H3. The molecule has 1 aliphatic rings. The topological polar surface area (TPSA) is 42.3 Å². The van der Waals surface area contributed by atoms with Gasteiger partial charge in [0.1, 0.15) is 0 Å². The first kappa shape index (κ1) is 13.8. The first-order valence-electron chi connectivity index (χ1n) is 7.17. The zero-order chi connectivity index (χ0) is 13.7. The first-order chi connectivity index (χ1) is 9.22. The van der Waals surface area contributed by atoms with Crippen molar-refractivity contribution < 1.29 is 4.79 Å². The van der Waals surface area contributed by atoms with Gasteiger partial charge in [0.2, 0.25) is 5.91 Å². The molecule has 1 saturated heterocycles. The van der Waals surface area contributed by atoms with Gasteiger partial charge in [-0.15, -0.1) is 0 Å². The molecule has 2 heterocycles. The molecule has 0 radical (unpaired) electrons. The second-order valence-electron chi connectivity index (χ2n) is 5.13. The van der Waals surface area contributed by atoms with E-state index in [-0.39, 0.29) is 11.5 Å². The summed E-state index contributed by atoms with van der Waals surface area (Å²) in [5, 5.41) is 0. The zero-order valence-corrected chi connectivity index (χ0v) is 11.5. The Morgan fingerprint density at radius 2 is 2.21 bits per heavy atom. The molecule has 1 aromatic rings. The normalized spacial score (nSPS) is 19.4. The number of hydrogen-bond acceptors (Lipinski definition) is 2. The lowest BCUT2D eigenvalue weighted by Crippen LogP contribution is -2.43. The Morgan fingerprint density at radius 1 is 1.37 bits per heavy atom. The van der Waals surface area contributed by atoms with Crippen molar-refractivity contribution >= 4 is 5.91 Å². The Morgan fingerprint density at radius 3 is 2.95 bits per heavy atom. The molecule has 1 aliphatic heterocycles. The van der Waals surface area contributed by atoms with Crippen molar-refractivity contribution in [3.05, 3.63) is 34.7 Å². The van der Waals surface area contributed by atoms with Gasteiger partial charge >= 0.3 is 0 Å². The van der Waals surface area contributed by atoms with E-state index >= 15 is 0 Å². The predicted molar refractivity (Wildman–Crippen MR) is 75.0 cm³/mol. The molecule has 1 unspecified atom stereocenters. The Kier molecular flexibility index (Phi) is 4.77. The van der Waals surface area contributed by atoms with Gasteiger partial charge in [-0.1, -0.05) is 13.0 Å². The van der Waals surface area contributed by atoms with Gasteiger partial charge in [-0.2, -0.15) is 0 Å². The summed E-state index contributed by atoms with van der Waals surface area (Å²) < 4.78 is 1.60. The second-order valence-corrected chi connectivity index (χ2v) is 5.13. The first-order valence-corrected chi connectivity index (χ1v) is 7.17.